The summed E-state index contributed by atoms with van der Waals surface area (Å²) in [6, 6.07) is 0. The van der Waals surface area contributed by atoms with Crippen molar-refractivity contribution in [3.8, 4) is 0 Å². The molecule has 0 aromatic heterocycles. The molecule has 0 amide bonds. The van der Waals surface area contributed by atoms with Gasteiger partial charge in [0.05, 0.1) is 6.61 Å². The van der Waals surface area contributed by atoms with E-state index in [1.54, 1.807) is 0 Å². The molecule has 12 heteroatoms. The number of unbranched alkanes of at least 4 members (excludes halogenated alkanes) is 36. The molecule has 0 spiro atoms. The van der Waals surface area contributed by atoms with Crippen LogP contribution in [0.3, 0.4) is 0 Å². The molecule has 6 unspecified atom stereocenters. The van der Waals surface area contributed by atoms with E-state index in [0.29, 0.717) is 19.3 Å². The lowest BCUT2D eigenvalue weighted by molar-refractivity contribution is -0.301. The molecule has 1 saturated heterocycles. The normalized spacial score (nSPS) is 18.0. The van der Waals surface area contributed by atoms with E-state index in [-0.39, 0.29) is 25.9 Å². The Morgan fingerprint density at radius 3 is 1.19 bits per heavy atom. The van der Waals surface area contributed by atoms with Crippen molar-refractivity contribution in [1.29, 1.82) is 0 Å². The summed E-state index contributed by atoms with van der Waals surface area (Å²) in [5.74, 6) is -3.11. The van der Waals surface area contributed by atoms with E-state index in [4.69, 9.17) is 23.7 Å². The zero-order chi connectivity index (χ0) is 58.9. The van der Waals surface area contributed by atoms with Gasteiger partial charge in [0.15, 0.2) is 24.6 Å². The minimum atomic E-state index is -1.91. The number of rotatable bonds is 58. The van der Waals surface area contributed by atoms with Crippen LogP contribution >= 0.6 is 0 Å². The fraction of sp³-hybridized carbons (Fsp3) is 0.826. The van der Waals surface area contributed by atoms with E-state index in [1.807, 2.05) is 0 Å². The van der Waals surface area contributed by atoms with Crippen molar-refractivity contribution in [1.82, 2.24) is 0 Å². The van der Waals surface area contributed by atoms with Gasteiger partial charge in [-0.1, -0.05) is 288 Å². The van der Waals surface area contributed by atoms with Crippen LogP contribution < -0.4 is 0 Å². The van der Waals surface area contributed by atoms with Crippen LogP contribution in [0.5, 0.6) is 0 Å². The molecule has 1 rings (SSSR count). The average molecular weight is 1140 g/mol. The van der Waals surface area contributed by atoms with Crippen LogP contribution in [-0.2, 0) is 42.9 Å². The zero-order valence-electron chi connectivity index (χ0n) is 52.0. The lowest BCUT2D eigenvalue weighted by Crippen LogP contribution is -2.61. The fourth-order valence-corrected chi connectivity index (χ4v) is 10.3. The highest BCUT2D eigenvalue weighted by Crippen LogP contribution is 2.27. The minimum Gasteiger partial charge on any atom is -0.479 e. The van der Waals surface area contributed by atoms with Gasteiger partial charge in [0.1, 0.15) is 18.8 Å². The van der Waals surface area contributed by atoms with Crippen molar-refractivity contribution in [3.05, 3.63) is 48.6 Å². The Balaban J connectivity index is 2.65. The Labute approximate surface area is 494 Å². The van der Waals surface area contributed by atoms with Gasteiger partial charge in [-0.15, -0.1) is 0 Å². The van der Waals surface area contributed by atoms with Gasteiger partial charge in [-0.3, -0.25) is 14.4 Å². The molecule has 0 bridgehead atoms. The molecular formula is C69H122O12. The van der Waals surface area contributed by atoms with Gasteiger partial charge in [-0.05, 0) is 57.8 Å². The maximum atomic E-state index is 13.2. The van der Waals surface area contributed by atoms with E-state index in [2.05, 4.69) is 69.4 Å². The fourth-order valence-electron chi connectivity index (χ4n) is 10.3. The summed E-state index contributed by atoms with van der Waals surface area (Å²) >= 11 is 0. The predicted molar refractivity (Wildman–Crippen MR) is 331 cm³/mol. The van der Waals surface area contributed by atoms with E-state index in [0.717, 1.165) is 89.9 Å². The summed E-state index contributed by atoms with van der Waals surface area (Å²) < 4.78 is 28.6. The van der Waals surface area contributed by atoms with Crippen molar-refractivity contribution in [2.24, 2.45) is 0 Å². The number of hydrogen-bond donors (Lipinski definition) is 3. The number of aliphatic carboxylic acids is 1. The van der Waals surface area contributed by atoms with Crippen LogP contribution in [0, 0.1) is 0 Å². The van der Waals surface area contributed by atoms with E-state index in [9.17, 15) is 34.5 Å². The van der Waals surface area contributed by atoms with Crippen molar-refractivity contribution in [2.45, 2.75) is 353 Å². The topological polar surface area (TPSA) is 175 Å². The first-order valence-electron chi connectivity index (χ1n) is 33.6. The van der Waals surface area contributed by atoms with Crippen molar-refractivity contribution < 1.29 is 58.2 Å². The van der Waals surface area contributed by atoms with Gasteiger partial charge in [-0.2, -0.15) is 0 Å². The average Bonchev–Trinajstić information content (AvgIpc) is 3.53. The number of aliphatic hydroxyl groups excluding tert-OH is 2. The number of allylic oxidation sites excluding steroid dienone is 8. The lowest BCUT2D eigenvalue weighted by atomic mass is 9.98. The summed E-state index contributed by atoms with van der Waals surface area (Å²) in [5, 5.41) is 31.6. The summed E-state index contributed by atoms with van der Waals surface area (Å²) in [6.45, 7) is 5.93. The first kappa shape index (κ1) is 75.7. The Kier molecular flexibility index (Phi) is 53.4. The zero-order valence-corrected chi connectivity index (χ0v) is 52.0. The van der Waals surface area contributed by atoms with Gasteiger partial charge in [-0.25, -0.2) is 4.79 Å². The number of esters is 3. The molecule has 12 nitrogen and oxygen atoms in total. The van der Waals surface area contributed by atoms with Crippen LogP contribution in [0.4, 0.5) is 0 Å². The van der Waals surface area contributed by atoms with Gasteiger partial charge >= 0.3 is 23.9 Å². The van der Waals surface area contributed by atoms with Crippen LogP contribution in [0.1, 0.15) is 316 Å². The van der Waals surface area contributed by atoms with E-state index in [1.165, 1.54) is 167 Å². The van der Waals surface area contributed by atoms with Crippen LogP contribution in [-0.4, -0.2) is 89.2 Å². The maximum Gasteiger partial charge on any atom is 0.335 e. The number of carbonyl (C=O) groups is 4. The number of hydrogen-bond acceptors (Lipinski definition) is 11. The second-order valence-corrected chi connectivity index (χ2v) is 23.1. The smallest absolute Gasteiger partial charge is 0.335 e. The number of carboxylic acids is 1. The lowest BCUT2D eigenvalue weighted by Gasteiger charge is -2.40. The number of ether oxygens (including phenoxy) is 5. The summed E-state index contributed by atoms with van der Waals surface area (Å²) in [5.41, 5.74) is 0. The van der Waals surface area contributed by atoms with Crippen molar-refractivity contribution >= 4 is 23.9 Å². The highest BCUT2D eigenvalue weighted by molar-refractivity contribution is 5.74. The third-order valence-corrected chi connectivity index (χ3v) is 15.4. The quantitative estimate of drug-likeness (QED) is 0.0228. The van der Waals surface area contributed by atoms with E-state index < -0.39 is 67.3 Å². The molecular weight excluding hydrogens is 1020 g/mol. The molecule has 6 atom stereocenters. The Morgan fingerprint density at radius 2 is 0.778 bits per heavy atom. The monoisotopic (exact) mass is 1140 g/mol. The molecule has 1 aliphatic rings. The first-order valence-corrected chi connectivity index (χ1v) is 33.6. The van der Waals surface area contributed by atoms with Crippen LogP contribution in [0.15, 0.2) is 48.6 Å². The molecule has 0 aromatic carbocycles. The Hall–Kier alpha value is -3.32. The summed E-state index contributed by atoms with van der Waals surface area (Å²) in [7, 11) is 0. The maximum absolute atomic E-state index is 13.2. The van der Waals surface area contributed by atoms with Gasteiger partial charge in [0, 0.05) is 19.3 Å². The van der Waals surface area contributed by atoms with Gasteiger partial charge in [0.2, 0.25) is 0 Å². The summed E-state index contributed by atoms with van der Waals surface area (Å²) in [4.78, 5) is 51.4. The Morgan fingerprint density at radius 1 is 0.420 bits per heavy atom. The SMILES string of the molecule is CC/C=C\C/C=C\C/C=C\C/C=C\CCCCCCC(=O)OC1C(OCC(COC(=O)CCCCCCCCCCCCCCCCCCC)OC(=O)CCCCCCCCCCCCCCCCCCC)OC(C(=O)O)C(O)C1O. The number of carboxylic acid groups (broad SMARTS) is 1. The third kappa shape index (κ3) is 46.7. The highest BCUT2D eigenvalue weighted by Gasteiger charge is 2.50. The molecule has 0 saturated carbocycles. The van der Waals surface area contributed by atoms with Crippen molar-refractivity contribution in [2.75, 3.05) is 13.2 Å². The second-order valence-electron chi connectivity index (χ2n) is 23.1. The van der Waals surface area contributed by atoms with Gasteiger partial charge < -0.3 is 39.0 Å². The standard InChI is InChI=1S/C69H122O12/c1-4-7-10-13-16-19-22-25-28-31-34-37-40-43-46-49-52-55-61(70)77-58-60(79-62(71)56-53-50-47-44-41-38-35-32-29-26-23-20-17-14-11-8-5-2)59-78-69-67(65(74)64(73)66(81-69)68(75)76)80-63(72)57-54-51-48-45-42-39-36-33-30-27-24-21-18-15-12-9-6-3/h9,12,18,21,27,30,36,39,60,64-67,69,73-74H,4-8,10-11,13-17,19-20,22-26,28-29,31-35,37-38,40-59H2,1-3H3,(H,75,76)/b12-9-,21-18-,30-27-,39-36-. The minimum absolute atomic E-state index is 0.0351. The van der Waals surface area contributed by atoms with Crippen molar-refractivity contribution in [3.63, 3.8) is 0 Å². The van der Waals surface area contributed by atoms with E-state index >= 15 is 0 Å². The number of carbonyl (C=O) groups excluding carboxylic acids is 3. The highest BCUT2D eigenvalue weighted by atomic mass is 16.7. The molecule has 0 aromatic rings. The molecule has 0 aliphatic carbocycles. The number of aliphatic hydroxyl groups is 2. The molecule has 1 fully saturated rings. The molecule has 470 valence electrons. The molecule has 1 heterocycles. The van der Waals surface area contributed by atoms with Gasteiger partial charge in [0.25, 0.3) is 0 Å². The first-order chi connectivity index (χ1) is 39.6. The molecule has 81 heavy (non-hydrogen) atoms. The van der Waals surface area contributed by atoms with Crippen LogP contribution in [0.25, 0.3) is 0 Å². The Bertz CT molecular complexity index is 1590. The molecule has 3 N–H and O–H groups in total. The molecule has 1 aliphatic heterocycles. The van der Waals surface area contributed by atoms with Crippen LogP contribution in [0.2, 0.25) is 0 Å². The molecule has 0 radical (unpaired) electrons. The largest absolute Gasteiger partial charge is 0.479 e. The second kappa shape index (κ2) is 57.1. The summed E-state index contributed by atoms with van der Waals surface area (Å²) in [6.07, 6.45) is 57.8. The predicted octanol–water partition coefficient (Wildman–Crippen LogP) is 18.1. The third-order valence-electron chi connectivity index (χ3n) is 15.4.